The molecule has 1 aromatic heterocycles. The molecule has 0 saturated heterocycles. The highest BCUT2D eigenvalue weighted by atomic mass is 16.1. The van der Waals surface area contributed by atoms with Gasteiger partial charge in [0.25, 0.3) is 0 Å². The Hall–Kier alpha value is -1.47. The molecule has 0 aliphatic carbocycles. The molecule has 0 radical (unpaired) electrons. The molecule has 12 heavy (non-hydrogen) atoms. The number of carbonyl (C=O) groups excluding carboxylic acids is 1. The Labute approximate surface area is 71.2 Å². The topological polar surface area (TPSA) is 42.3 Å². The van der Waals surface area contributed by atoms with Crippen LogP contribution in [0.4, 0.5) is 5.69 Å². The molecule has 0 N–H and O–H groups in total. The van der Waals surface area contributed by atoms with Crippen molar-refractivity contribution in [3.8, 4) is 0 Å². The second-order valence-corrected chi connectivity index (χ2v) is 2.46. The lowest BCUT2D eigenvalue weighted by molar-refractivity contribution is 0.565. The first-order valence-corrected chi connectivity index (χ1v) is 3.89. The first kappa shape index (κ1) is 8.62. The van der Waals surface area contributed by atoms with Crippen LogP contribution in [0.3, 0.4) is 0 Å². The summed E-state index contributed by atoms with van der Waals surface area (Å²) in [4.78, 5) is 17.4. The average molecular weight is 162 g/mol. The van der Waals surface area contributed by atoms with Gasteiger partial charge in [0.2, 0.25) is 6.08 Å². The van der Waals surface area contributed by atoms with Gasteiger partial charge in [0.15, 0.2) is 0 Å². The molecule has 0 spiro atoms. The zero-order valence-corrected chi connectivity index (χ0v) is 6.95. The van der Waals surface area contributed by atoms with Crippen LogP contribution in [-0.2, 0) is 11.2 Å². The van der Waals surface area contributed by atoms with Crippen molar-refractivity contribution in [2.75, 3.05) is 0 Å². The predicted molar refractivity (Wildman–Crippen MR) is 46.0 cm³/mol. The van der Waals surface area contributed by atoms with Crippen molar-refractivity contribution in [1.29, 1.82) is 0 Å². The van der Waals surface area contributed by atoms with Crippen LogP contribution in [0, 0.1) is 0 Å². The highest BCUT2D eigenvalue weighted by Crippen LogP contribution is 2.09. The van der Waals surface area contributed by atoms with Gasteiger partial charge < -0.3 is 0 Å². The molecule has 1 heterocycles. The van der Waals surface area contributed by atoms with Crippen molar-refractivity contribution < 1.29 is 4.79 Å². The number of pyridine rings is 1. The molecule has 0 amide bonds. The summed E-state index contributed by atoms with van der Waals surface area (Å²) in [5.41, 5.74) is 1.59. The summed E-state index contributed by atoms with van der Waals surface area (Å²) in [5.74, 6) is 0. The maximum absolute atomic E-state index is 9.87. The lowest BCUT2D eigenvalue weighted by Gasteiger charge is -1.95. The highest BCUT2D eigenvalue weighted by molar-refractivity contribution is 5.47. The molecule has 1 aromatic rings. The molecule has 0 aliphatic heterocycles. The van der Waals surface area contributed by atoms with Gasteiger partial charge in [-0.25, -0.2) is 4.79 Å². The van der Waals surface area contributed by atoms with Crippen molar-refractivity contribution in [3.05, 3.63) is 24.0 Å². The van der Waals surface area contributed by atoms with E-state index in [1.165, 1.54) is 6.08 Å². The van der Waals surface area contributed by atoms with Gasteiger partial charge in [0.1, 0.15) is 0 Å². The summed E-state index contributed by atoms with van der Waals surface area (Å²) in [6.07, 6.45) is 5.09. The van der Waals surface area contributed by atoms with Gasteiger partial charge >= 0.3 is 0 Å². The third-order valence-electron chi connectivity index (χ3n) is 1.49. The van der Waals surface area contributed by atoms with Gasteiger partial charge in [-0.15, -0.1) is 0 Å². The number of isocyanates is 1. The molecule has 0 saturated carbocycles. The number of nitrogens with zero attached hydrogens (tertiary/aromatic N) is 2. The zero-order valence-electron chi connectivity index (χ0n) is 6.95. The molecular weight excluding hydrogens is 152 g/mol. The quantitative estimate of drug-likeness (QED) is 0.504. The second-order valence-electron chi connectivity index (χ2n) is 2.46. The van der Waals surface area contributed by atoms with Crippen molar-refractivity contribution >= 4 is 11.8 Å². The summed E-state index contributed by atoms with van der Waals surface area (Å²) < 4.78 is 0. The number of hydrogen-bond donors (Lipinski definition) is 0. The van der Waals surface area contributed by atoms with E-state index in [0.717, 1.165) is 18.5 Å². The standard InChI is InChI=1S/C9H10N2O/c1-2-3-8-4-5-9(6-10-8)11-7-12/h4-6H,2-3H2,1H3. The molecule has 0 fully saturated rings. The van der Waals surface area contributed by atoms with Gasteiger partial charge in [0, 0.05) is 5.69 Å². The van der Waals surface area contributed by atoms with Crippen LogP contribution >= 0.6 is 0 Å². The van der Waals surface area contributed by atoms with Crippen molar-refractivity contribution in [1.82, 2.24) is 4.98 Å². The summed E-state index contributed by atoms with van der Waals surface area (Å²) in [6.45, 7) is 2.10. The monoisotopic (exact) mass is 162 g/mol. The number of aromatic nitrogens is 1. The first-order chi connectivity index (χ1) is 5.86. The van der Waals surface area contributed by atoms with Gasteiger partial charge in [-0.3, -0.25) is 4.98 Å². The fraction of sp³-hybridized carbons (Fsp3) is 0.333. The van der Waals surface area contributed by atoms with E-state index in [9.17, 15) is 4.79 Å². The Balaban J connectivity index is 2.77. The average Bonchev–Trinajstić information content (AvgIpc) is 2.09. The Kier molecular flexibility index (Phi) is 3.17. The predicted octanol–water partition coefficient (Wildman–Crippen LogP) is 2.00. The lowest BCUT2D eigenvalue weighted by atomic mass is 10.2. The van der Waals surface area contributed by atoms with Crippen LogP contribution in [0.5, 0.6) is 0 Å². The van der Waals surface area contributed by atoms with Crippen molar-refractivity contribution in [3.63, 3.8) is 0 Å². The van der Waals surface area contributed by atoms with Gasteiger partial charge in [-0.05, 0) is 18.6 Å². The number of aryl methyl sites for hydroxylation is 1. The third-order valence-corrected chi connectivity index (χ3v) is 1.49. The SMILES string of the molecule is CCCc1ccc(N=C=O)cn1. The Morgan fingerprint density at radius 3 is 2.92 bits per heavy atom. The largest absolute Gasteiger partial charge is 0.259 e. The molecule has 0 aromatic carbocycles. The Bertz CT molecular complexity index is 286. The van der Waals surface area contributed by atoms with E-state index in [4.69, 9.17) is 0 Å². The van der Waals surface area contributed by atoms with Crippen molar-refractivity contribution in [2.45, 2.75) is 19.8 Å². The minimum Gasteiger partial charge on any atom is -0.259 e. The molecule has 0 aliphatic rings. The maximum Gasteiger partial charge on any atom is 0.240 e. The van der Waals surface area contributed by atoms with Crippen LogP contribution in [0.2, 0.25) is 0 Å². The summed E-state index contributed by atoms with van der Waals surface area (Å²) in [7, 11) is 0. The minimum absolute atomic E-state index is 0.560. The zero-order chi connectivity index (χ0) is 8.81. The fourth-order valence-electron chi connectivity index (χ4n) is 0.940. The molecular formula is C9H10N2O. The summed E-state index contributed by atoms with van der Waals surface area (Å²) in [5, 5.41) is 0. The van der Waals surface area contributed by atoms with Crippen LogP contribution in [0.1, 0.15) is 19.0 Å². The van der Waals surface area contributed by atoms with Crippen molar-refractivity contribution in [2.24, 2.45) is 4.99 Å². The molecule has 1 rings (SSSR count). The van der Waals surface area contributed by atoms with E-state index in [1.807, 2.05) is 6.07 Å². The van der Waals surface area contributed by atoms with Gasteiger partial charge in [-0.1, -0.05) is 13.3 Å². The molecule has 3 nitrogen and oxygen atoms in total. The molecule has 3 heteroatoms. The van der Waals surface area contributed by atoms with Crippen LogP contribution in [-0.4, -0.2) is 11.1 Å². The summed E-state index contributed by atoms with van der Waals surface area (Å²) >= 11 is 0. The highest BCUT2D eigenvalue weighted by Gasteiger charge is 1.92. The number of aliphatic imine (C=N–C) groups is 1. The van der Waals surface area contributed by atoms with E-state index in [2.05, 4.69) is 16.9 Å². The molecule has 0 atom stereocenters. The minimum atomic E-state index is 0.560. The normalized spacial score (nSPS) is 9.08. The second kappa shape index (κ2) is 4.42. The van der Waals surface area contributed by atoms with Crippen LogP contribution in [0.25, 0.3) is 0 Å². The smallest absolute Gasteiger partial charge is 0.240 e. The lowest BCUT2D eigenvalue weighted by Crippen LogP contribution is -1.86. The van der Waals surface area contributed by atoms with E-state index in [-0.39, 0.29) is 0 Å². The molecule has 0 bridgehead atoms. The van der Waals surface area contributed by atoms with Crippen LogP contribution < -0.4 is 0 Å². The van der Waals surface area contributed by atoms with E-state index in [1.54, 1.807) is 12.3 Å². The summed E-state index contributed by atoms with van der Waals surface area (Å²) in [6, 6.07) is 3.64. The Morgan fingerprint density at radius 1 is 1.58 bits per heavy atom. The van der Waals surface area contributed by atoms with E-state index < -0.39 is 0 Å². The molecule has 62 valence electrons. The van der Waals surface area contributed by atoms with E-state index >= 15 is 0 Å². The molecule has 0 unspecified atom stereocenters. The first-order valence-electron chi connectivity index (χ1n) is 3.89. The Morgan fingerprint density at radius 2 is 2.42 bits per heavy atom. The number of rotatable bonds is 3. The van der Waals surface area contributed by atoms with Gasteiger partial charge in [0.05, 0.1) is 11.9 Å². The van der Waals surface area contributed by atoms with Gasteiger partial charge in [-0.2, -0.15) is 4.99 Å². The maximum atomic E-state index is 9.87. The third kappa shape index (κ3) is 2.29. The van der Waals surface area contributed by atoms with E-state index in [0.29, 0.717) is 5.69 Å². The number of hydrogen-bond acceptors (Lipinski definition) is 3. The fourth-order valence-corrected chi connectivity index (χ4v) is 0.940. The van der Waals surface area contributed by atoms with Crippen LogP contribution in [0.15, 0.2) is 23.3 Å².